The number of unbranched alkanes of at least 4 members (excludes halogenated alkanes) is 1. The van der Waals surface area contributed by atoms with Crippen LogP contribution in [0.2, 0.25) is 6.04 Å². The molecular weight excluding hydrogens is 296 g/mol. The lowest BCUT2D eigenvalue weighted by molar-refractivity contribution is 0.0211. The largest absolute Gasteiger partial charge is 0.501 e. The summed E-state index contributed by atoms with van der Waals surface area (Å²) in [7, 11) is -2.59. The summed E-state index contributed by atoms with van der Waals surface area (Å²) in [6.07, 6.45) is 4.01. The van der Waals surface area contributed by atoms with E-state index in [9.17, 15) is 0 Å². The molecule has 0 heterocycles. The SMILES string of the molecule is CCC[Si](OCC)(OCC)OC(C)(S)CCCCS. The minimum atomic E-state index is -2.59. The molecule has 0 aliphatic heterocycles. The third kappa shape index (κ3) is 8.62. The van der Waals surface area contributed by atoms with Crippen LogP contribution in [0.15, 0.2) is 0 Å². The summed E-state index contributed by atoms with van der Waals surface area (Å²) in [6.45, 7) is 9.33. The fourth-order valence-electron chi connectivity index (χ4n) is 1.99. The molecule has 19 heavy (non-hydrogen) atoms. The molecule has 0 amide bonds. The normalized spacial score (nSPS) is 15.5. The predicted octanol–water partition coefficient (Wildman–Crippen LogP) is 4.17. The van der Waals surface area contributed by atoms with Crippen LogP contribution in [0, 0.1) is 0 Å². The van der Waals surface area contributed by atoms with Gasteiger partial charge in [0.2, 0.25) is 0 Å². The van der Waals surface area contributed by atoms with Crippen LogP contribution in [0.5, 0.6) is 0 Å². The smallest absolute Gasteiger partial charge is 0.374 e. The number of thiol groups is 2. The molecule has 0 bridgehead atoms. The van der Waals surface area contributed by atoms with Crippen molar-refractivity contribution in [2.75, 3.05) is 19.0 Å². The molecule has 0 aliphatic carbocycles. The van der Waals surface area contributed by atoms with Crippen LogP contribution < -0.4 is 0 Å². The highest BCUT2D eigenvalue weighted by molar-refractivity contribution is 7.81. The summed E-state index contributed by atoms with van der Waals surface area (Å²) in [5.74, 6) is 0.901. The minimum Gasteiger partial charge on any atom is -0.374 e. The first-order valence-electron chi connectivity index (χ1n) is 7.26. The molecule has 1 atom stereocenters. The van der Waals surface area contributed by atoms with Gasteiger partial charge in [-0.05, 0) is 45.8 Å². The molecule has 0 saturated heterocycles. The van der Waals surface area contributed by atoms with Gasteiger partial charge in [0.25, 0.3) is 0 Å². The van der Waals surface area contributed by atoms with E-state index in [0.29, 0.717) is 13.2 Å². The van der Waals surface area contributed by atoms with Crippen LogP contribution in [-0.2, 0) is 13.3 Å². The average Bonchev–Trinajstić information content (AvgIpc) is 2.29. The standard InChI is InChI=1S/C13H30O3S2Si/c1-5-12-19(14-6-2,15-7-3)16-13(4,18)10-8-9-11-17/h17-18H,5-12H2,1-4H3. The molecule has 0 aromatic rings. The average molecular weight is 327 g/mol. The number of hydrogen-bond acceptors (Lipinski definition) is 5. The van der Waals surface area contributed by atoms with E-state index < -0.39 is 13.7 Å². The Labute approximate surface area is 131 Å². The Morgan fingerprint density at radius 1 is 1.05 bits per heavy atom. The second-order valence-electron chi connectivity index (χ2n) is 4.76. The van der Waals surface area contributed by atoms with Crippen molar-refractivity contribution in [3.05, 3.63) is 0 Å². The van der Waals surface area contributed by atoms with Crippen molar-refractivity contribution in [3.63, 3.8) is 0 Å². The fraction of sp³-hybridized carbons (Fsp3) is 1.00. The Bertz CT molecular complexity index is 211. The summed E-state index contributed by atoms with van der Waals surface area (Å²) in [5.41, 5.74) is 0. The summed E-state index contributed by atoms with van der Waals surface area (Å²) in [6, 6.07) is 0.845. The van der Waals surface area contributed by atoms with E-state index in [0.717, 1.165) is 37.5 Å². The van der Waals surface area contributed by atoms with Crippen molar-refractivity contribution in [2.24, 2.45) is 0 Å². The maximum absolute atomic E-state index is 6.23. The van der Waals surface area contributed by atoms with Gasteiger partial charge in [0.05, 0.1) is 0 Å². The molecular formula is C13H30O3S2Si. The van der Waals surface area contributed by atoms with E-state index in [-0.39, 0.29) is 0 Å². The molecule has 0 spiro atoms. The van der Waals surface area contributed by atoms with Crippen LogP contribution in [0.4, 0.5) is 0 Å². The molecule has 0 aliphatic rings. The Hall–Kier alpha value is 0.797. The van der Waals surface area contributed by atoms with Crippen LogP contribution in [0.25, 0.3) is 0 Å². The molecule has 0 radical (unpaired) electrons. The molecule has 0 fully saturated rings. The second-order valence-corrected chi connectivity index (χ2v) is 8.80. The third-order valence-electron chi connectivity index (χ3n) is 2.71. The van der Waals surface area contributed by atoms with Gasteiger partial charge in [-0.25, -0.2) is 0 Å². The van der Waals surface area contributed by atoms with E-state index in [4.69, 9.17) is 13.3 Å². The lowest BCUT2D eigenvalue weighted by Gasteiger charge is -2.36. The van der Waals surface area contributed by atoms with Crippen LogP contribution >= 0.6 is 25.3 Å². The zero-order valence-corrected chi connectivity index (χ0v) is 15.6. The lowest BCUT2D eigenvalue weighted by Crippen LogP contribution is -2.50. The number of hydrogen-bond donors (Lipinski definition) is 2. The van der Waals surface area contributed by atoms with Gasteiger partial charge in [-0.15, -0.1) is 12.6 Å². The minimum absolute atomic E-state index is 0.491. The van der Waals surface area contributed by atoms with Gasteiger partial charge in [-0.3, -0.25) is 0 Å². The molecule has 0 rings (SSSR count). The van der Waals surface area contributed by atoms with Crippen molar-refractivity contribution in [1.82, 2.24) is 0 Å². The van der Waals surface area contributed by atoms with Crippen LogP contribution in [0.1, 0.15) is 53.4 Å². The van der Waals surface area contributed by atoms with Crippen molar-refractivity contribution < 1.29 is 13.3 Å². The van der Waals surface area contributed by atoms with Gasteiger partial charge in [0.1, 0.15) is 4.93 Å². The molecule has 116 valence electrons. The lowest BCUT2D eigenvalue weighted by atomic mass is 10.2. The second kappa shape index (κ2) is 10.5. The van der Waals surface area contributed by atoms with E-state index in [1.807, 2.05) is 20.8 Å². The van der Waals surface area contributed by atoms with E-state index >= 15 is 0 Å². The molecule has 0 aromatic carbocycles. The predicted molar refractivity (Wildman–Crippen MR) is 90.3 cm³/mol. The van der Waals surface area contributed by atoms with Crippen LogP contribution in [-0.4, -0.2) is 32.7 Å². The highest BCUT2D eigenvalue weighted by Crippen LogP contribution is 2.31. The van der Waals surface area contributed by atoms with Gasteiger partial charge in [-0.2, -0.15) is 12.6 Å². The molecule has 0 saturated carbocycles. The summed E-state index contributed by atoms with van der Waals surface area (Å²) in [5, 5.41) is 0. The van der Waals surface area contributed by atoms with Gasteiger partial charge in [0, 0.05) is 19.3 Å². The zero-order valence-electron chi connectivity index (χ0n) is 12.8. The highest BCUT2D eigenvalue weighted by Gasteiger charge is 2.44. The van der Waals surface area contributed by atoms with E-state index in [2.05, 4.69) is 32.2 Å². The van der Waals surface area contributed by atoms with Crippen molar-refractivity contribution in [1.29, 1.82) is 0 Å². The fourth-order valence-corrected chi connectivity index (χ4v) is 5.65. The maximum atomic E-state index is 6.23. The van der Waals surface area contributed by atoms with Crippen molar-refractivity contribution >= 4 is 34.1 Å². The third-order valence-corrected chi connectivity index (χ3v) is 6.84. The van der Waals surface area contributed by atoms with Gasteiger partial charge in [0.15, 0.2) is 0 Å². The molecule has 0 aromatic heterocycles. The summed E-state index contributed by atoms with van der Waals surface area (Å²) in [4.78, 5) is -0.491. The quantitative estimate of drug-likeness (QED) is 0.244. The topological polar surface area (TPSA) is 27.7 Å². The monoisotopic (exact) mass is 326 g/mol. The number of rotatable bonds is 12. The van der Waals surface area contributed by atoms with E-state index in [1.165, 1.54) is 0 Å². The maximum Gasteiger partial charge on any atom is 0.501 e. The van der Waals surface area contributed by atoms with Gasteiger partial charge >= 0.3 is 8.80 Å². The summed E-state index contributed by atoms with van der Waals surface area (Å²) < 4.78 is 18.0. The first-order valence-corrected chi connectivity index (χ1v) is 10.3. The van der Waals surface area contributed by atoms with Gasteiger partial charge in [-0.1, -0.05) is 13.3 Å². The molecule has 1 unspecified atom stereocenters. The van der Waals surface area contributed by atoms with Crippen molar-refractivity contribution in [3.8, 4) is 0 Å². The van der Waals surface area contributed by atoms with Crippen molar-refractivity contribution in [2.45, 2.75) is 64.4 Å². The Kier molecular flexibility index (Phi) is 11.0. The highest BCUT2D eigenvalue weighted by atomic mass is 32.1. The summed E-state index contributed by atoms with van der Waals surface area (Å²) >= 11 is 8.89. The molecule has 6 heteroatoms. The Balaban J connectivity index is 4.65. The van der Waals surface area contributed by atoms with E-state index in [1.54, 1.807) is 0 Å². The first kappa shape index (κ1) is 19.8. The first-order chi connectivity index (χ1) is 8.95. The van der Waals surface area contributed by atoms with Gasteiger partial charge < -0.3 is 13.3 Å². The zero-order chi connectivity index (χ0) is 14.8. The Morgan fingerprint density at radius 3 is 2.05 bits per heavy atom. The van der Waals surface area contributed by atoms with Crippen LogP contribution in [0.3, 0.4) is 0 Å². The molecule has 3 nitrogen and oxygen atoms in total. The molecule has 0 N–H and O–H groups in total. The Morgan fingerprint density at radius 2 is 1.63 bits per heavy atom.